The van der Waals surface area contributed by atoms with Crippen LogP contribution in [0.15, 0.2) is 58.4 Å². The Kier molecular flexibility index (Phi) is 7.83. The summed E-state index contributed by atoms with van der Waals surface area (Å²) in [5.41, 5.74) is 1.70. The second-order valence-corrected chi connectivity index (χ2v) is 7.89. The molecule has 0 aliphatic rings. The molecular weight excluding hydrogens is 444 g/mol. The summed E-state index contributed by atoms with van der Waals surface area (Å²) >= 11 is 4.91. The Morgan fingerprint density at radius 1 is 0.929 bits per heavy atom. The summed E-state index contributed by atoms with van der Waals surface area (Å²) in [7, 11) is 0. The predicted molar refractivity (Wildman–Crippen MR) is 117 cm³/mol. The van der Waals surface area contributed by atoms with E-state index in [0.717, 1.165) is 25.9 Å². The van der Waals surface area contributed by atoms with E-state index in [1.165, 1.54) is 0 Å². The van der Waals surface area contributed by atoms with Crippen LogP contribution in [0.25, 0.3) is 10.1 Å². The molecule has 2 unspecified atom stereocenters. The second kappa shape index (κ2) is 10.1. The highest BCUT2D eigenvalue weighted by atomic mass is 79.9. The number of benzene rings is 2. The normalized spacial score (nSPS) is 12.4. The van der Waals surface area contributed by atoms with Crippen LogP contribution in [-0.4, -0.2) is 34.2 Å². The number of carbonyl (C=O) groups is 2. The van der Waals surface area contributed by atoms with E-state index in [0.29, 0.717) is 0 Å². The molecule has 3 rings (SSSR count). The van der Waals surface area contributed by atoms with Gasteiger partial charge in [0.05, 0.1) is 5.69 Å². The molecule has 2 atom stereocenters. The molecule has 6 nitrogen and oxygen atoms in total. The van der Waals surface area contributed by atoms with Crippen molar-refractivity contribution in [2.45, 2.75) is 25.9 Å². The fourth-order valence-corrected chi connectivity index (χ4v) is 3.41. The Labute approximate surface area is 175 Å². The molecule has 4 N–H and O–H groups in total. The van der Waals surface area contributed by atoms with E-state index in [1.807, 2.05) is 53.9 Å². The summed E-state index contributed by atoms with van der Waals surface area (Å²) in [6.45, 7) is 3.24. The van der Waals surface area contributed by atoms with Crippen LogP contribution in [0, 0.1) is 0 Å². The average Bonchev–Trinajstić information content (AvgIpc) is 3.07. The molecule has 3 aromatic rings. The lowest BCUT2D eigenvalue weighted by Gasteiger charge is -2.10. The van der Waals surface area contributed by atoms with Crippen molar-refractivity contribution in [2.24, 2.45) is 0 Å². The van der Waals surface area contributed by atoms with Gasteiger partial charge >= 0.3 is 11.9 Å². The van der Waals surface area contributed by atoms with E-state index >= 15 is 0 Å². The number of thiophene rings is 1. The first-order valence-corrected chi connectivity index (χ1v) is 10.2. The maximum absolute atomic E-state index is 10.7. The molecule has 0 saturated heterocycles. The fraction of sp³-hybridized carbons (Fsp3) is 0.200. The smallest absolute Gasteiger partial charge is 0.325 e. The Hall–Kier alpha value is -2.58. The molecule has 0 fully saturated rings. The number of aliphatic carboxylic acids is 2. The van der Waals surface area contributed by atoms with Crippen molar-refractivity contribution in [3.8, 4) is 0 Å². The monoisotopic (exact) mass is 464 g/mol. The number of hydrogen-bond acceptors (Lipinski definition) is 5. The van der Waals surface area contributed by atoms with Gasteiger partial charge in [0.1, 0.15) is 12.1 Å². The molecule has 0 radical (unpaired) electrons. The molecule has 0 aliphatic carbocycles. The lowest BCUT2D eigenvalue weighted by Crippen LogP contribution is -2.25. The molecule has 0 saturated carbocycles. The van der Waals surface area contributed by atoms with Crippen molar-refractivity contribution in [3.63, 3.8) is 0 Å². The maximum Gasteiger partial charge on any atom is 0.325 e. The summed E-state index contributed by atoms with van der Waals surface area (Å²) < 4.78 is 2.14. The summed E-state index contributed by atoms with van der Waals surface area (Å²) in [6, 6.07) is 14.2. The first-order chi connectivity index (χ1) is 13.3. The standard InChI is InChI=1S/C11H11NO2S.C9H10BrNO2/c1-7(11(13)14)12-9-6-15-10-5-3-2-4-8(9)10;1-6(9(12)13)11-8-4-2-7(10)3-5-8/h2-7,12H,1H3,(H,13,14);2-6,11H,1H3,(H,12,13). The van der Waals surface area contributed by atoms with Crippen molar-refractivity contribution in [2.75, 3.05) is 10.6 Å². The number of carboxylic acids is 2. The highest BCUT2D eigenvalue weighted by Gasteiger charge is 2.12. The molecule has 1 heterocycles. The molecule has 28 heavy (non-hydrogen) atoms. The average molecular weight is 465 g/mol. The van der Waals surface area contributed by atoms with E-state index < -0.39 is 24.0 Å². The molecule has 148 valence electrons. The molecule has 1 aromatic heterocycles. The molecule has 8 heteroatoms. The van der Waals surface area contributed by atoms with E-state index in [2.05, 4.69) is 26.6 Å². The van der Waals surface area contributed by atoms with Crippen molar-refractivity contribution in [1.29, 1.82) is 0 Å². The van der Waals surface area contributed by atoms with E-state index in [9.17, 15) is 9.59 Å². The van der Waals surface area contributed by atoms with E-state index in [4.69, 9.17) is 10.2 Å². The Bertz CT molecular complexity index is 943. The van der Waals surface area contributed by atoms with Crippen LogP contribution in [0.1, 0.15) is 13.8 Å². The Morgan fingerprint density at radius 2 is 1.50 bits per heavy atom. The van der Waals surface area contributed by atoms with Crippen molar-refractivity contribution < 1.29 is 19.8 Å². The summed E-state index contributed by atoms with van der Waals surface area (Å²) in [6.07, 6.45) is 0. The van der Waals surface area contributed by atoms with E-state index in [1.54, 1.807) is 25.2 Å². The minimum absolute atomic E-state index is 0.567. The fourth-order valence-electron chi connectivity index (χ4n) is 2.24. The van der Waals surface area contributed by atoms with Gasteiger partial charge in [0.25, 0.3) is 0 Å². The maximum atomic E-state index is 10.7. The van der Waals surface area contributed by atoms with Crippen LogP contribution < -0.4 is 10.6 Å². The van der Waals surface area contributed by atoms with Gasteiger partial charge in [-0.05, 0) is 44.2 Å². The molecule has 0 spiro atoms. The number of hydrogen-bond donors (Lipinski definition) is 4. The quantitative estimate of drug-likeness (QED) is 0.404. The van der Waals surface area contributed by atoms with Crippen LogP contribution in [0.5, 0.6) is 0 Å². The first kappa shape index (κ1) is 21.7. The summed E-state index contributed by atoms with van der Waals surface area (Å²) in [4.78, 5) is 21.2. The number of halogens is 1. The van der Waals surface area contributed by atoms with Gasteiger partial charge in [-0.1, -0.05) is 34.1 Å². The molecular formula is C20H21BrN2O4S. The second-order valence-electron chi connectivity index (χ2n) is 6.06. The van der Waals surface area contributed by atoms with Gasteiger partial charge in [-0.2, -0.15) is 0 Å². The van der Waals surface area contributed by atoms with Gasteiger partial charge in [0.2, 0.25) is 0 Å². The Balaban J connectivity index is 0.000000203. The highest BCUT2D eigenvalue weighted by Crippen LogP contribution is 2.30. The van der Waals surface area contributed by atoms with Crippen LogP contribution in [0.4, 0.5) is 11.4 Å². The lowest BCUT2D eigenvalue weighted by atomic mass is 10.2. The summed E-state index contributed by atoms with van der Waals surface area (Å²) in [5.74, 6) is -1.70. The van der Waals surface area contributed by atoms with Gasteiger partial charge in [-0.3, -0.25) is 9.59 Å². The number of nitrogens with one attached hydrogen (secondary N) is 2. The van der Waals surface area contributed by atoms with Gasteiger partial charge in [-0.15, -0.1) is 11.3 Å². The van der Waals surface area contributed by atoms with Crippen molar-refractivity contribution >= 4 is 60.7 Å². The molecule has 0 bridgehead atoms. The van der Waals surface area contributed by atoms with Crippen molar-refractivity contribution in [3.05, 3.63) is 58.4 Å². The number of fused-ring (bicyclic) bond motifs is 1. The van der Waals surface area contributed by atoms with Gasteiger partial charge in [-0.25, -0.2) is 0 Å². The lowest BCUT2D eigenvalue weighted by molar-refractivity contribution is -0.138. The third-order valence-corrected chi connectivity index (χ3v) is 5.31. The zero-order valence-corrected chi connectivity index (χ0v) is 17.8. The molecule has 0 amide bonds. The van der Waals surface area contributed by atoms with Crippen LogP contribution in [-0.2, 0) is 9.59 Å². The topological polar surface area (TPSA) is 98.7 Å². The zero-order chi connectivity index (χ0) is 20.7. The Morgan fingerprint density at radius 3 is 2.11 bits per heavy atom. The van der Waals surface area contributed by atoms with Crippen LogP contribution >= 0.6 is 27.3 Å². The number of rotatable bonds is 6. The largest absolute Gasteiger partial charge is 0.480 e. The molecule has 0 aliphatic heterocycles. The van der Waals surface area contributed by atoms with Gasteiger partial charge < -0.3 is 20.8 Å². The first-order valence-electron chi connectivity index (χ1n) is 8.48. The summed E-state index contributed by atoms with van der Waals surface area (Å²) in [5, 5.41) is 26.3. The highest BCUT2D eigenvalue weighted by molar-refractivity contribution is 9.10. The predicted octanol–water partition coefficient (Wildman–Crippen LogP) is 5.12. The SMILES string of the molecule is CC(Nc1ccc(Br)cc1)C(=O)O.CC(Nc1csc2ccccc12)C(=O)O. The molecule has 2 aromatic carbocycles. The number of carboxylic acid groups (broad SMARTS) is 2. The van der Waals surface area contributed by atoms with E-state index in [-0.39, 0.29) is 0 Å². The number of anilines is 2. The van der Waals surface area contributed by atoms with Gasteiger partial charge in [0, 0.05) is 25.6 Å². The minimum atomic E-state index is -0.858. The van der Waals surface area contributed by atoms with Crippen LogP contribution in [0.2, 0.25) is 0 Å². The van der Waals surface area contributed by atoms with Crippen molar-refractivity contribution in [1.82, 2.24) is 0 Å². The van der Waals surface area contributed by atoms with Gasteiger partial charge in [0.15, 0.2) is 0 Å². The third-order valence-electron chi connectivity index (χ3n) is 3.82. The zero-order valence-electron chi connectivity index (χ0n) is 15.3. The third kappa shape index (κ3) is 6.24. The minimum Gasteiger partial charge on any atom is -0.480 e. The van der Waals surface area contributed by atoms with Crippen LogP contribution in [0.3, 0.4) is 0 Å².